The Morgan fingerprint density at radius 1 is 1.13 bits per heavy atom. The van der Waals surface area contributed by atoms with Crippen LogP contribution in [0, 0.1) is 0 Å². The smallest absolute Gasteiger partial charge is 0.276 e. The van der Waals surface area contributed by atoms with Gasteiger partial charge in [0.1, 0.15) is 0 Å². The van der Waals surface area contributed by atoms with Gasteiger partial charge in [-0.2, -0.15) is 0 Å². The first-order valence-electron chi connectivity index (χ1n) is 11.0. The summed E-state index contributed by atoms with van der Waals surface area (Å²) in [6, 6.07) is 17.3. The van der Waals surface area contributed by atoms with Crippen LogP contribution in [-0.2, 0) is 13.0 Å². The molecule has 1 aromatic heterocycles. The lowest BCUT2D eigenvalue weighted by Crippen LogP contribution is -2.29. The molecule has 0 spiro atoms. The summed E-state index contributed by atoms with van der Waals surface area (Å²) < 4.78 is 0. The molecule has 1 saturated heterocycles. The molecule has 3 aromatic rings. The van der Waals surface area contributed by atoms with E-state index in [9.17, 15) is 4.79 Å². The predicted molar refractivity (Wildman–Crippen MR) is 121 cm³/mol. The summed E-state index contributed by atoms with van der Waals surface area (Å²) in [4.78, 5) is 23.5. The molecule has 0 radical (unpaired) electrons. The van der Waals surface area contributed by atoms with Crippen LogP contribution in [0.15, 0.2) is 54.7 Å². The number of hydrogen-bond acceptors (Lipinski definition) is 5. The van der Waals surface area contributed by atoms with E-state index in [1.165, 1.54) is 16.7 Å². The minimum atomic E-state index is -0.123. The highest BCUT2D eigenvalue weighted by Gasteiger charge is 2.24. The highest BCUT2D eigenvalue weighted by Crippen LogP contribution is 2.31. The number of carbonyl (C=O) groups is 1. The fourth-order valence-corrected chi connectivity index (χ4v) is 4.62. The zero-order valence-electron chi connectivity index (χ0n) is 17.6. The molecule has 0 saturated carbocycles. The molecule has 1 atom stereocenters. The van der Waals surface area contributed by atoms with Gasteiger partial charge in [-0.15, -0.1) is 0 Å². The molecule has 1 amide bonds. The van der Waals surface area contributed by atoms with Crippen molar-refractivity contribution in [2.24, 2.45) is 0 Å². The van der Waals surface area contributed by atoms with Crippen LogP contribution < -0.4 is 11.1 Å². The van der Waals surface area contributed by atoms with E-state index in [1.54, 1.807) is 6.20 Å². The first-order valence-corrected chi connectivity index (χ1v) is 11.0. The van der Waals surface area contributed by atoms with Crippen molar-refractivity contribution in [2.45, 2.75) is 38.3 Å². The third-order valence-electron chi connectivity index (χ3n) is 6.30. The van der Waals surface area contributed by atoms with E-state index in [0.717, 1.165) is 50.9 Å². The monoisotopic (exact) mass is 413 g/mol. The Kier molecular flexibility index (Phi) is 5.38. The summed E-state index contributed by atoms with van der Waals surface area (Å²) in [6.07, 6.45) is 5.96. The minimum Gasteiger partial charge on any atom is -0.382 e. The van der Waals surface area contributed by atoms with E-state index in [4.69, 9.17) is 5.73 Å². The van der Waals surface area contributed by atoms with Gasteiger partial charge in [0.2, 0.25) is 0 Å². The van der Waals surface area contributed by atoms with Crippen LogP contribution in [0.4, 0.5) is 5.82 Å². The van der Waals surface area contributed by atoms with E-state index in [0.29, 0.717) is 11.7 Å². The van der Waals surface area contributed by atoms with Crippen LogP contribution in [0.1, 0.15) is 52.5 Å². The van der Waals surface area contributed by atoms with Crippen LogP contribution >= 0.6 is 0 Å². The van der Waals surface area contributed by atoms with Crippen molar-refractivity contribution in [2.75, 3.05) is 18.8 Å². The number of nitrogens with one attached hydrogen (secondary N) is 1. The highest BCUT2D eigenvalue weighted by molar-refractivity contribution is 5.97. The lowest BCUT2D eigenvalue weighted by Gasteiger charge is -2.16. The molecule has 1 aliphatic heterocycles. The Balaban J connectivity index is 1.33. The Hall–Kier alpha value is -3.25. The zero-order valence-corrected chi connectivity index (χ0v) is 17.6. The Morgan fingerprint density at radius 2 is 1.97 bits per heavy atom. The maximum atomic E-state index is 12.8. The summed E-state index contributed by atoms with van der Waals surface area (Å²) >= 11 is 0. The number of anilines is 1. The average molecular weight is 414 g/mol. The number of aryl methyl sites for hydroxylation is 1. The van der Waals surface area contributed by atoms with E-state index in [1.807, 2.05) is 17.0 Å². The normalized spacial score (nSPS) is 17.7. The molecule has 158 valence electrons. The SMILES string of the molecule is Nc1ncc(-c2cccc(CN[C@H]3CCc4ccccc43)c2)nc1C(=O)N1CCCC1. The van der Waals surface area contributed by atoms with Crippen LogP contribution in [0.2, 0.25) is 0 Å². The van der Waals surface area contributed by atoms with Gasteiger partial charge in [0, 0.05) is 31.2 Å². The molecule has 6 nitrogen and oxygen atoms in total. The van der Waals surface area contributed by atoms with Gasteiger partial charge in [0.25, 0.3) is 5.91 Å². The lowest BCUT2D eigenvalue weighted by molar-refractivity contribution is 0.0788. The summed E-state index contributed by atoms with van der Waals surface area (Å²) in [5, 5.41) is 3.69. The van der Waals surface area contributed by atoms with Crippen molar-refractivity contribution in [3.63, 3.8) is 0 Å². The summed E-state index contributed by atoms with van der Waals surface area (Å²) in [5.41, 5.74) is 11.9. The first-order chi connectivity index (χ1) is 15.2. The number of likely N-dealkylation sites (tertiary alicyclic amines) is 1. The fourth-order valence-electron chi connectivity index (χ4n) is 4.62. The van der Waals surface area contributed by atoms with Crippen molar-refractivity contribution < 1.29 is 4.79 Å². The van der Waals surface area contributed by atoms with Gasteiger partial charge in [-0.3, -0.25) is 4.79 Å². The van der Waals surface area contributed by atoms with Crippen LogP contribution in [-0.4, -0.2) is 33.9 Å². The number of amides is 1. The van der Waals surface area contributed by atoms with E-state index in [2.05, 4.69) is 51.7 Å². The number of nitrogens with two attached hydrogens (primary N) is 1. The Morgan fingerprint density at radius 3 is 2.84 bits per heavy atom. The summed E-state index contributed by atoms with van der Waals surface area (Å²) in [5.74, 6) is 0.0699. The van der Waals surface area contributed by atoms with E-state index in [-0.39, 0.29) is 17.4 Å². The second-order valence-electron chi connectivity index (χ2n) is 8.36. The average Bonchev–Trinajstić information content (AvgIpc) is 3.48. The minimum absolute atomic E-state index is 0.123. The second-order valence-corrected chi connectivity index (χ2v) is 8.36. The molecule has 5 rings (SSSR count). The van der Waals surface area contributed by atoms with E-state index >= 15 is 0 Å². The molecule has 1 aliphatic carbocycles. The van der Waals surface area contributed by atoms with Crippen LogP contribution in [0.3, 0.4) is 0 Å². The maximum absolute atomic E-state index is 12.8. The Bertz CT molecular complexity index is 1110. The number of aromatic nitrogens is 2. The van der Waals surface area contributed by atoms with Gasteiger partial charge in [0.15, 0.2) is 11.5 Å². The quantitative estimate of drug-likeness (QED) is 0.666. The van der Waals surface area contributed by atoms with Crippen molar-refractivity contribution >= 4 is 11.7 Å². The van der Waals surface area contributed by atoms with Crippen molar-refractivity contribution in [3.8, 4) is 11.3 Å². The largest absolute Gasteiger partial charge is 0.382 e. The second kappa shape index (κ2) is 8.47. The van der Waals surface area contributed by atoms with Gasteiger partial charge in [0.05, 0.1) is 11.9 Å². The van der Waals surface area contributed by atoms with Crippen LogP contribution in [0.5, 0.6) is 0 Å². The molecule has 3 N–H and O–H groups in total. The molecule has 2 aromatic carbocycles. The molecule has 2 aliphatic rings. The number of hydrogen-bond donors (Lipinski definition) is 2. The third kappa shape index (κ3) is 4.03. The molecule has 1 fully saturated rings. The highest BCUT2D eigenvalue weighted by atomic mass is 16.2. The predicted octanol–water partition coefficient (Wildman–Crippen LogP) is 3.74. The number of nitrogens with zero attached hydrogens (tertiary/aromatic N) is 3. The topological polar surface area (TPSA) is 84.1 Å². The fraction of sp³-hybridized carbons (Fsp3) is 0.320. The first kappa shape index (κ1) is 19.7. The Labute approximate surface area is 182 Å². The van der Waals surface area contributed by atoms with Gasteiger partial charge in [-0.05, 0) is 48.4 Å². The van der Waals surface area contributed by atoms with Crippen molar-refractivity contribution in [3.05, 3.63) is 77.1 Å². The maximum Gasteiger partial charge on any atom is 0.276 e. The van der Waals surface area contributed by atoms with Crippen molar-refractivity contribution in [1.29, 1.82) is 0 Å². The summed E-state index contributed by atoms with van der Waals surface area (Å²) in [7, 11) is 0. The van der Waals surface area contributed by atoms with Crippen LogP contribution in [0.25, 0.3) is 11.3 Å². The molecule has 0 unspecified atom stereocenters. The number of nitrogen functional groups attached to an aromatic ring is 1. The van der Waals surface area contributed by atoms with Crippen molar-refractivity contribution in [1.82, 2.24) is 20.2 Å². The number of fused-ring (bicyclic) bond motifs is 1. The molecule has 6 heteroatoms. The third-order valence-corrected chi connectivity index (χ3v) is 6.30. The molecular formula is C25H27N5O. The number of rotatable bonds is 5. The standard InChI is InChI=1S/C25H27N5O/c26-24-23(25(31)30-12-3-4-13-30)29-22(16-28-24)19-8-5-6-17(14-19)15-27-21-11-10-18-7-1-2-9-20(18)21/h1-2,5-9,14,16,21,27H,3-4,10-13,15H2,(H2,26,28)/t21-/m0/s1. The molecule has 31 heavy (non-hydrogen) atoms. The van der Waals surface area contributed by atoms with Gasteiger partial charge in [-0.25, -0.2) is 9.97 Å². The molecule has 0 bridgehead atoms. The summed E-state index contributed by atoms with van der Waals surface area (Å²) in [6.45, 7) is 2.29. The lowest BCUT2D eigenvalue weighted by atomic mass is 10.1. The van der Waals surface area contributed by atoms with Gasteiger partial charge < -0.3 is 16.0 Å². The van der Waals surface area contributed by atoms with E-state index < -0.39 is 0 Å². The van der Waals surface area contributed by atoms with Gasteiger partial charge >= 0.3 is 0 Å². The van der Waals surface area contributed by atoms with Gasteiger partial charge in [-0.1, -0.05) is 42.5 Å². The number of benzene rings is 2. The zero-order chi connectivity index (χ0) is 21.2. The number of carbonyl (C=O) groups excluding carboxylic acids is 1. The molecule has 2 heterocycles. The molecular weight excluding hydrogens is 386 g/mol.